The average Bonchev–Trinajstić information content (AvgIpc) is 2.30. The van der Waals surface area contributed by atoms with Crippen LogP contribution in [0.2, 0.25) is 0 Å². The molecule has 0 aliphatic heterocycles. The number of halogens is 1. The van der Waals surface area contributed by atoms with Gasteiger partial charge in [-0.25, -0.2) is 4.98 Å². The van der Waals surface area contributed by atoms with Crippen LogP contribution in [-0.2, 0) is 0 Å². The van der Waals surface area contributed by atoms with Gasteiger partial charge in [0.1, 0.15) is 4.60 Å². The highest BCUT2D eigenvalue weighted by atomic mass is 79.9. The zero-order chi connectivity index (χ0) is 10.3. The second kappa shape index (κ2) is 3.46. The van der Waals surface area contributed by atoms with Crippen molar-refractivity contribution in [1.29, 1.82) is 0 Å². The standard InChI is InChI=1S/C13H10BrN/c14-13-11-7-2-1-5-9(11)10-6-3-4-8-12(10)15-13/h1-2,5-8H,3-4H2. The first-order valence-corrected chi connectivity index (χ1v) is 5.90. The van der Waals surface area contributed by atoms with Crippen LogP contribution in [0.1, 0.15) is 12.8 Å². The van der Waals surface area contributed by atoms with E-state index < -0.39 is 0 Å². The van der Waals surface area contributed by atoms with Gasteiger partial charge in [0.2, 0.25) is 0 Å². The molecule has 0 spiro atoms. The molecule has 15 heavy (non-hydrogen) atoms. The molecule has 1 heterocycles. The number of nitrogens with zero attached hydrogens (tertiary/aromatic N) is 1. The van der Waals surface area contributed by atoms with Crippen LogP contribution >= 0.6 is 15.9 Å². The Bertz CT molecular complexity index is 643. The fraction of sp³-hybridized carbons (Fsp3) is 0.154. The molecule has 74 valence electrons. The number of aromatic nitrogens is 1. The van der Waals surface area contributed by atoms with Gasteiger partial charge in [-0.15, -0.1) is 0 Å². The predicted octanol–water partition coefficient (Wildman–Crippen LogP) is 2.35. The molecule has 1 aromatic heterocycles. The number of fused-ring (bicyclic) bond motifs is 3. The number of pyridine rings is 1. The van der Waals surface area contributed by atoms with E-state index in [1.807, 2.05) is 6.07 Å². The molecular formula is C13H10BrN. The average molecular weight is 260 g/mol. The van der Waals surface area contributed by atoms with Crippen molar-refractivity contribution in [2.75, 3.05) is 0 Å². The van der Waals surface area contributed by atoms with Crippen LogP contribution in [0.3, 0.4) is 0 Å². The Balaban J connectivity index is 2.63. The lowest BCUT2D eigenvalue weighted by molar-refractivity contribution is 1.08. The Morgan fingerprint density at radius 3 is 2.60 bits per heavy atom. The summed E-state index contributed by atoms with van der Waals surface area (Å²) in [7, 11) is 0. The van der Waals surface area contributed by atoms with E-state index in [0.717, 1.165) is 22.8 Å². The highest BCUT2D eigenvalue weighted by molar-refractivity contribution is 9.10. The summed E-state index contributed by atoms with van der Waals surface area (Å²) >= 11 is 3.53. The maximum absolute atomic E-state index is 4.57. The third kappa shape index (κ3) is 1.40. The molecule has 2 aromatic rings. The molecule has 0 N–H and O–H groups in total. The van der Waals surface area contributed by atoms with Crippen LogP contribution in [0.4, 0.5) is 0 Å². The summed E-state index contributed by atoms with van der Waals surface area (Å²) in [5.74, 6) is 0. The van der Waals surface area contributed by atoms with E-state index in [4.69, 9.17) is 0 Å². The Hall–Kier alpha value is -1.15. The van der Waals surface area contributed by atoms with Crippen LogP contribution < -0.4 is 10.6 Å². The quantitative estimate of drug-likeness (QED) is 0.662. The van der Waals surface area contributed by atoms with Gasteiger partial charge < -0.3 is 0 Å². The van der Waals surface area contributed by atoms with Crippen molar-refractivity contribution < 1.29 is 0 Å². The summed E-state index contributed by atoms with van der Waals surface area (Å²) < 4.78 is 0.948. The normalized spacial score (nSPS) is 14.2. The van der Waals surface area contributed by atoms with Crippen LogP contribution in [-0.4, -0.2) is 4.98 Å². The summed E-state index contributed by atoms with van der Waals surface area (Å²) in [5, 5.41) is 4.90. The molecule has 1 aromatic carbocycles. The van der Waals surface area contributed by atoms with Crippen molar-refractivity contribution in [3.63, 3.8) is 0 Å². The van der Waals surface area contributed by atoms with Gasteiger partial charge in [0.25, 0.3) is 0 Å². The lowest BCUT2D eigenvalue weighted by Gasteiger charge is -2.05. The van der Waals surface area contributed by atoms with Crippen LogP contribution in [0.5, 0.6) is 0 Å². The molecule has 0 fully saturated rings. The first-order chi connectivity index (χ1) is 7.36. The Kier molecular flexibility index (Phi) is 2.10. The van der Waals surface area contributed by atoms with E-state index in [-0.39, 0.29) is 0 Å². The maximum Gasteiger partial charge on any atom is 0.114 e. The smallest absolute Gasteiger partial charge is 0.114 e. The summed E-state index contributed by atoms with van der Waals surface area (Å²) in [5.41, 5.74) is 0. The van der Waals surface area contributed by atoms with E-state index in [2.05, 4.69) is 51.3 Å². The van der Waals surface area contributed by atoms with E-state index in [0.29, 0.717) is 0 Å². The van der Waals surface area contributed by atoms with Gasteiger partial charge in [-0.05, 0) is 34.2 Å². The highest BCUT2D eigenvalue weighted by Crippen LogP contribution is 2.17. The van der Waals surface area contributed by atoms with E-state index >= 15 is 0 Å². The highest BCUT2D eigenvalue weighted by Gasteiger charge is 2.04. The van der Waals surface area contributed by atoms with Crippen molar-refractivity contribution in [3.8, 4) is 0 Å². The third-order valence-electron chi connectivity index (χ3n) is 2.79. The largest absolute Gasteiger partial charge is 0.241 e. The minimum Gasteiger partial charge on any atom is -0.241 e. The summed E-state index contributed by atoms with van der Waals surface area (Å²) in [6.07, 6.45) is 6.73. The summed E-state index contributed by atoms with van der Waals surface area (Å²) in [6.45, 7) is 0. The van der Waals surface area contributed by atoms with Crippen molar-refractivity contribution in [2.45, 2.75) is 12.8 Å². The monoisotopic (exact) mass is 259 g/mol. The molecule has 3 rings (SSSR count). The Morgan fingerprint density at radius 1 is 1.00 bits per heavy atom. The fourth-order valence-electron chi connectivity index (χ4n) is 2.08. The van der Waals surface area contributed by atoms with E-state index in [1.54, 1.807) is 0 Å². The molecule has 2 heteroatoms. The van der Waals surface area contributed by atoms with Gasteiger partial charge in [0, 0.05) is 10.6 Å². The molecular weight excluding hydrogens is 250 g/mol. The van der Waals surface area contributed by atoms with Gasteiger partial charge in [-0.1, -0.05) is 36.4 Å². The molecule has 0 saturated carbocycles. The van der Waals surface area contributed by atoms with E-state index in [9.17, 15) is 0 Å². The number of hydrogen-bond acceptors (Lipinski definition) is 1. The molecule has 0 unspecified atom stereocenters. The van der Waals surface area contributed by atoms with Crippen molar-refractivity contribution in [3.05, 3.63) is 39.4 Å². The molecule has 0 radical (unpaired) electrons. The molecule has 1 nitrogen and oxygen atoms in total. The SMILES string of the molecule is Brc1nc2c(c3ccccc13)=CCCC=2. The zero-order valence-corrected chi connectivity index (χ0v) is 9.79. The van der Waals surface area contributed by atoms with E-state index in [1.165, 1.54) is 16.0 Å². The van der Waals surface area contributed by atoms with Gasteiger partial charge in [0.15, 0.2) is 0 Å². The fourth-order valence-corrected chi connectivity index (χ4v) is 2.62. The predicted molar refractivity (Wildman–Crippen MR) is 66.9 cm³/mol. The number of benzene rings is 1. The summed E-state index contributed by atoms with van der Waals surface area (Å²) in [6, 6.07) is 8.40. The van der Waals surface area contributed by atoms with Gasteiger partial charge in [-0.2, -0.15) is 0 Å². The first-order valence-electron chi connectivity index (χ1n) is 5.11. The minimum absolute atomic E-state index is 0.948. The minimum atomic E-state index is 0.948. The molecule has 1 aliphatic carbocycles. The Morgan fingerprint density at radius 2 is 1.73 bits per heavy atom. The second-order valence-corrected chi connectivity index (χ2v) is 4.48. The maximum atomic E-state index is 4.57. The van der Waals surface area contributed by atoms with Gasteiger partial charge in [0.05, 0.1) is 5.35 Å². The number of rotatable bonds is 0. The van der Waals surface area contributed by atoms with Crippen molar-refractivity contribution in [1.82, 2.24) is 4.98 Å². The molecule has 1 aliphatic rings. The summed E-state index contributed by atoms with van der Waals surface area (Å²) in [4.78, 5) is 4.57. The van der Waals surface area contributed by atoms with Crippen LogP contribution in [0.15, 0.2) is 28.9 Å². The Labute approximate surface area is 96.3 Å². The third-order valence-corrected chi connectivity index (χ3v) is 3.39. The molecule has 0 bridgehead atoms. The lowest BCUT2D eigenvalue weighted by atomic mass is 10.1. The van der Waals surface area contributed by atoms with Gasteiger partial charge in [-0.3, -0.25) is 0 Å². The number of hydrogen-bond donors (Lipinski definition) is 0. The van der Waals surface area contributed by atoms with Gasteiger partial charge >= 0.3 is 0 Å². The van der Waals surface area contributed by atoms with Crippen molar-refractivity contribution in [2.24, 2.45) is 0 Å². The molecule has 0 amide bonds. The van der Waals surface area contributed by atoms with Crippen LogP contribution in [0.25, 0.3) is 22.9 Å². The van der Waals surface area contributed by atoms with Crippen LogP contribution in [0, 0.1) is 0 Å². The molecule has 0 saturated heterocycles. The lowest BCUT2D eigenvalue weighted by Crippen LogP contribution is -2.30. The topological polar surface area (TPSA) is 12.9 Å². The first kappa shape index (κ1) is 9.10. The molecule has 0 atom stereocenters. The zero-order valence-electron chi connectivity index (χ0n) is 8.20. The second-order valence-electron chi connectivity index (χ2n) is 3.73. The van der Waals surface area contributed by atoms with Crippen molar-refractivity contribution >= 4 is 38.9 Å².